The Kier molecular flexibility index (Phi) is 72.3. The van der Waals surface area contributed by atoms with Crippen molar-refractivity contribution in [1.82, 2.24) is 0 Å². The van der Waals surface area contributed by atoms with E-state index in [1.54, 1.807) is 0 Å². The molecule has 0 radical (unpaired) electrons. The Labute approximate surface area is 620 Å². The summed E-state index contributed by atoms with van der Waals surface area (Å²) in [5, 5.41) is 10.6. The molecule has 0 aromatic carbocycles. The highest BCUT2D eigenvalue weighted by Crippen LogP contribution is 2.45. The lowest BCUT2D eigenvalue weighted by Crippen LogP contribution is -2.30. The first-order chi connectivity index (χ1) is 49.7. The summed E-state index contributed by atoms with van der Waals surface area (Å²) in [5.41, 5.74) is 0. The van der Waals surface area contributed by atoms with Crippen LogP contribution in [0.3, 0.4) is 0 Å². The monoisotopic (exact) mass is 1480 g/mol. The second-order valence-electron chi connectivity index (χ2n) is 27.0. The normalized spacial score (nSPS) is 14.4. The molecule has 0 aliphatic heterocycles. The minimum atomic E-state index is -4.98. The predicted molar refractivity (Wildman–Crippen MR) is 418 cm³/mol. The zero-order valence-corrected chi connectivity index (χ0v) is 66.3. The molecule has 0 aromatic heterocycles. The molecule has 17 nitrogen and oxygen atoms in total. The second-order valence-corrected chi connectivity index (χ2v) is 29.9. The second kappa shape index (κ2) is 75.2. The van der Waals surface area contributed by atoms with E-state index in [9.17, 15) is 43.2 Å². The standard InChI is InChI=1S/C83H146O17P2/c1-5-9-13-17-21-25-29-32-34-36-38-40-42-45-48-51-55-59-63-67-80(85)93-73-78(99-82(87)69-65-61-57-53-47-28-24-20-16-12-8-4)75-97-101(89,90)95-71-77(84)72-96-102(91,92)98-76-79(100-83(88)70-66-62-58-54-50-44-31-27-23-19-15-11-7-3)74-94-81(86)68-64-60-56-52-49-46-43-41-39-37-35-33-30-26-22-18-14-10-6-2/h15,19,21-22,25-27,31-35,38-41,77-79,84H,5-14,16-18,20,23-24,28-30,36-37,42-76H2,1-4H3,(H,89,90)(H,91,92)/b19-15-,25-21-,26-22-,31-27-,34-32-,35-33-,40-38-,41-39-. The van der Waals surface area contributed by atoms with Crippen molar-refractivity contribution >= 4 is 39.5 Å². The summed E-state index contributed by atoms with van der Waals surface area (Å²) in [6.45, 7) is 4.74. The molecule has 3 N–H and O–H groups in total. The van der Waals surface area contributed by atoms with Crippen LogP contribution in [0.5, 0.6) is 0 Å². The molecule has 0 fully saturated rings. The maximum absolute atomic E-state index is 13.1. The van der Waals surface area contributed by atoms with Crippen LogP contribution >= 0.6 is 15.6 Å². The topological polar surface area (TPSA) is 237 Å². The third-order valence-electron chi connectivity index (χ3n) is 17.0. The van der Waals surface area contributed by atoms with E-state index in [2.05, 4.69) is 125 Å². The maximum Gasteiger partial charge on any atom is 0.472 e. The summed E-state index contributed by atoms with van der Waals surface area (Å²) >= 11 is 0. The molecule has 0 aliphatic rings. The molecule has 0 amide bonds. The highest BCUT2D eigenvalue weighted by atomic mass is 31.2. The fraction of sp³-hybridized carbons (Fsp3) is 0.759. The Morgan fingerprint density at radius 3 is 0.794 bits per heavy atom. The van der Waals surface area contributed by atoms with E-state index in [4.69, 9.17) is 37.0 Å². The van der Waals surface area contributed by atoms with Gasteiger partial charge in [0.05, 0.1) is 26.4 Å². The molecule has 19 heteroatoms. The number of hydrogen-bond acceptors (Lipinski definition) is 15. The minimum absolute atomic E-state index is 0.0760. The Bertz CT molecular complexity index is 2310. The number of phosphoric ester groups is 2. The van der Waals surface area contributed by atoms with Gasteiger partial charge in [0.1, 0.15) is 19.3 Å². The lowest BCUT2D eigenvalue weighted by Gasteiger charge is -2.21. The summed E-state index contributed by atoms with van der Waals surface area (Å²) in [7, 11) is -9.96. The van der Waals surface area contributed by atoms with Gasteiger partial charge in [0.15, 0.2) is 12.2 Å². The third-order valence-corrected chi connectivity index (χ3v) is 18.9. The SMILES string of the molecule is CCC/C=C\C/C=C\CCCCCCCC(=O)OC(COC(=O)CCCCCCCC/C=C\C/C=C\C/C=C\CCCCC)COP(=O)(O)OCC(O)COP(=O)(O)OCC(COC(=O)CCCCCCCC/C=C\C/C=C\C/C=C\CCCCC)OC(=O)CCCCCCCCCCCCC. The number of esters is 4. The molecule has 5 unspecified atom stereocenters. The first-order valence-corrected chi connectivity index (χ1v) is 43.5. The Morgan fingerprint density at radius 1 is 0.275 bits per heavy atom. The van der Waals surface area contributed by atoms with Crippen molar-refractivity contribution in [3.8, 4) is 0 Å². The van der Waals surface area contributed by atoms with Gasteiger partial charge in [0.25, 0.3) is 0 Å². The van der Waals surface area contributed by atoms with Gasteiger partial charge in [0, 0.05) is 25.7 Å². The zero-order valence-electron chi connectivity index (χ0n) is 64.5. The fourth-order valence-electron chi connectivity index (χ4n) is 10.8. The van der Waals surface area contributed by atoms with Gasteiger partial charge in [0.2, 0.25) is 0 Å². The van der Waals surface area contributed by atoms with Crippen molar-refractivity contribution in [3.05, 3.63) is 97.2 Å². The summed E-state index contributed by atoms with van der Waals surface area (Å²) in [6, 6.07) is 0. The average Bonchev–Trinajstić information content (AvgIpc) is 0.928. The van der Waals surface area contributed by atoms with E-state index in [0.29, 0.717) is 25.7 Å². The zero-order chi connectivity index (χ0) is 74.6. The van der Waals surface area contributed by atoms with Crippen LogP contribution in [0.25, 0.3) is 0 Å². The number of allylic oxidation sites excluding steroid dienone is 16. The van der Waals surface area contributed by atoms with Crippen molar-refractivity contribution in [1.29, 1.82) is 0 Å². The number of rotatable bonds is 76. The molecule has 0 heterocycles. The number of hydrogen-bond donors (Lipinski definition) is 3. The Balaban J connectivity index is 5.30. The fourth-order valence-corrected chi connectivity index (χ4v) is 12.4. The van der Waals surface area contributed by atoms with Crippen molar-refractivity contribution in [2.24, 2.45) is 0 Å². The molecular weight excluding hydrogens is 1330 g/mol. The molecule has 0 saturated heterocycles. The van der Waals surface area contributed by atoms with Gasteiger partial charge >= 0.3 is 39.5 Å². The number of aliphatic hydroxyl groups excluding tert-OH is 1. The van der Waals surface area contributed by atoms with Crippen LogP contribution in [0.4, 0.5) is 0 Å². The molecule has 0 bridgehead atoms. The van der Waals surface area contributed by atoms with Gasteiger partial charge in [-0.25, -0.2) is 9.13 Å². The largest absolute Gasteiger partial charge is 0.472 e. The molecular formula is C83H146O17P2. The maximum atomic E-state index is 13.1. The summed E-state index contributed by atoms with van der Waals surface area (Å²) in [6.07, 6.45) is 79.5. The van der Waals surface area contributed by atoms with Gasteiger partial charge < -0.3 is 33.8 Å². The van der Waals surface area contributed by atoms with Crippen molar-refractivity contribution < 1.29 is 80.2 Å². The smallest absolute Gasteiger partial charge is 0.462 e. The van der Waals surface area contributed by atoms with Gasteiger partial charge in [-0.15, -0.1) is 0 Å². The first kappa shape index (κ1) is 98.0. The number of ether oxygens (including phenoxy) is 4. The quantitative estimate of drug-likeness (QED) is 0.0169. The van der Waals surface area contributed by atoms with Crippen molar-refractivity contribution in [2.45, 2.75) is 367 Å². The van der Waals surface area contributed by atoms with Crippen LogP contribution in [0.2, 0.25) is 0 Å². The van der Waals surface area contributed by atoms with Gasteiger partial charge in [-0.05, 0) is 128 Å². The molecule has 0 aromatic rings. The number of unbranched alkanes of at least 4 members (excludes halogenated alkanes) is 34. The van der Waals surface area contributed by atoms with Gasteiger partial charge in [-0.3, -0.25) is 37.3 Å². The van der Waals surface area contributed by atoms with Crippen LogP contribution in [0.15, 0.2) is 97.2 Å². The van der Waals surface area contributed by atoms with Gasteiger partial charge in [-0.1, -0.05) is 292 Å². The van der Waals surface area contributed by atoms with Crippen molar-refractivity contribution in [3.63, 3.8) is 0 Å². The van der Waals surface area contributed by atoms with Crippen LogP contribution in [-0.4, -0.2) is 96.7 Å². The van der Waals surface area contributed by atoms with E-state index in [1.165, 1.54) is 77.0 Å². The molecule has 590 valence electrons. The van der Waals surface area contributed by atoms with E-state index >= 15 is 0 Å². The van der Waals surface area contributed by atoms with E-state index in [1.807, 2.05) is 0 Å². The number of carbonyl (C=O) groups excluding carboxylic acids is 4. The Hall–Kier alpha value is -4.02. The lowest BCUT2D eigenvalue weighted by molar-refractivity contribution is -0.161. The predicted octanol–water partition coefficient (Wildman–Crippen LogP) is 23.6. The number of phosphoric acid groups is 2. The van der Waals surface area contributed by atoms with Crippen LogP contribution in [-0.2, 0) is 65.4 Å². The highest BCUT2D eigenvalue weighted by molar-refractivity contribution is 7.47. The molecule has 0 rings (SSSR count). The minimum Gasteiger partial charge on any atom is -0.462 e. The molecule has 0 spiro atoms. The molecule has 102 heavy (non-hydrogen) atoms. The van der Waals surface area contributed by atoms with Gasteiger partial charge in [-0.2, -0.15) is 0 Å². The highest BCUT2D eigenvalue weighted by Gasteiger charge is 2.30. The molecule has 5 atom stereocenters. The third kappa shape index (κ3) is 74.3. The molecule has 0 aliphatic carbocycles. The van der Waals surface area contributed by atoms with Crippen LogP contribution < -0.4 is 0 Å². The van der Waals surface area contributed by atoms with Crippen LogP contribution in [0, 0.1) is 0 Å². The van der Waals surface area contributed by atoms with E-state index < -0.39 is 97.5 Å². The Morgan fingerprint density at radius 2 is 0.500 bits per heavy atom. The lowest BCUT2D eigenvalue weighted by atomic mass is 10.1. The van der Waals surface area contributed by atoms with Crippen molar-refractivity contribution in [2.75, 3.05) is 39.6 Å². The van der Waals surface area contributed by atoms with Crippen LogP contribution in [0.1, 0.15) is 349 Å². The first-order valence-electron chi connectivity index (χ1n) is 40.5. The summed E-state index contributed by atoms with van der Waals surface area (Å²) < 4.78 is 68.6. The van der Waals surface area contributed by atoms with E-state index in [-0.39, 0.29) is 25.7 Å². The molecule has 0 saturated carbocycles. The number of aliphatic hydroxyl groups is 1. The summed E-state index contributed by atoms with van der Waals surface area (Å²) in [5.74, 6) is -2.20. The number of carbonyl (C=O) groups is 4. The summed E-state index contributed by atoms with van der Waals surface area (Å²) in [4.78, 5) is 73.0. The van der Waals surface area contributed by atoms with E-state index in [0.717, 1.165) is 193 Å². The average molecular weight is 1480 g/mol.